The molecule has 0 bridgehead atoms. The van der Waals surface area contributed by atoms with Gasteiger partial charge in [-0.1, -0.05) is 19.1 Å². The van der Waals surface area contributed by atoms with E-state index in [1.165, 1.54) is 24.3 Å². The largest absolute Gasteiger partial charge is 0.550 e. The topological polar surface area (TPSA) is 109 Å². The molecule has 1 rings (SSSR count). The van der Waals surface area contributed by atoms with Gasteiger partial charge in [0, 0.05) is 18.1 Å². The van der Waals surface area contributed by atoms with E-state index in [0.29, 0.717) is 12.1 Å². The second-order valence-electron chi connectivity index (χ2n) is 4.38. The van der Waals surface area contributed by atoms with Crippen LogP contribution < -0.4 is 15.5 Å². The third kappa shape index (κ3) is 4.72. The zero-order chi connectivity index (χ0) is 15.1. The van der Waals surface area contributed by atoms with Crippen LogP contribution in [0.3, 0.4) is 0 Å². The molecule has 0 aliphatic rings. The Labute approximate surface area is 116 Å². The third-order valence-electron chi connectivity index (χ3n) is 2.95. The van der Waals surface area contributed by atoms with Gasteiger partial charge in [0.15, 0.2) is 0 Å². The zero-order valence-electron chi connectivity index (χ0n) is 11.0. The lowest BCUT2D eigenvalue weighted by molar-refractivity contribution is -0.311. The normalized spacial score (nSPS) is 11.7. The predicted octanol–water partition coefficient (Wildman–Crippen LogP) is -0.455. The maximum absolute atomic E-state index is 11.6. The Kier molecular flexibility index (Phi) is 5.71. The molecule has 108 valence electrons. The summed E-state index contributed by atoms with van der Waals surface area (Å²) in [6.07, 6.45) is 0.687. The number of benzene rings is 1. The van der Waals surface area contributed by atoms with E-state index in [1.807, 2.05) is 0 Å². The van der Waals surface area contributed by atoms with E-state index in [0.717, 1.165) is 0 Å². The van der Waals surface area contributed by atoms with Crippen LogP contribution in [-0.2, 0) is 9.59 Å². The van der Waals surface area contributed by atoms with E-state index in [-0.39, 0.29) is 24.3 Å². The SMILES string of the molecule is CC[C@@H](CCC(=O)Nc1ccc(C(=O)[O-])cc1)C(=O)[O-]. The van der Waals surface area contributed by atoms with Crippen LogP contribution >= 0.6 is 0 Å². The summed E-state index contributed by atoms with van der Waals surface area (Å²) in [7, 11) is 0. The molecule has 1 aromatic rings. The fraction of sp³-hybridized carbons (Fsp3) is 0.357. The summed E-state index contributed by atoms with van der Waals surface area (Å²) in [4.78, 5) is 32.9. The summed E-state index contributed by atoms with van der Waals surface area (Å²) in [5.41, 5.74) is 0.465. The van der Waals surface area contributed by atoms with Gasteiger partial charge in [-0.15, -0.1) is 0 Å². The minimum Gasteiger partial charge on any atom is -0.550 e. The standard InChI is InChI=1S/C14H17NO5/c1-2-9(13(17)18)5-8-12(16)15-11-6-3-10(4-7-11)14(19)20/h3-4,6-7,9H,2,5,8H2,1H3,(H,15,16)(H,17,18)(H,19,20)/p-2/t9-/m0/s1. The van der Waals surface area contributed by atoms with Crippen LogP contribution in [0.5, 0.6) is 0 Å². The first-order valence-corrected chi connectivity index (χ1v) is 6.26. The number of hydrogen-bond acceptors (Lipinski definition) is 5. The first kappa shape index (κ1) is 15.7. The molecule has 6 heteroatoms. The number of aromatic carboxylic acids is 1. The lowest BCUT2D eigenvalue weighted by Gasteiger charge is -2.15. The first-order chi connectivity index (χ1) is 9.43. The Hall–Kier alpha value is -2.37. The van der Waals surface area contributed by atoms with Gasteiger partial charge in [0.25, 0.3) is 0 Å². The van der Waals surface area contributed by atoms with Gasteiger partial charge in [0.1, 0.15) is 0 Å². The molecule has 1 N–H and O–H groups in total. The molecular weight excluding hydrogens is 262 g/mol. The van der Waals surface area contributed by atoms with Crippen molar-refractivity contribution in [2.75, 3.05) is 5.32 Å². The Morgan fingerprint density at radius 3 is 2.20 bits per heavy atom. The fourth-order valence-corrected chi connectivity index (χ4v) is 1.71. The minimum atomic E-state index is -1.29. The van der Waals surface area contributed by atoms with E-state index in [9.17, 15) is 24.6 Å². The first-order valence-electron chi connectivity index (χ1n) is 6.26. The monoisotopic (exact) mass is 277 g/mol. The summed E-state index contributed by atoms with van der Waals surface area (Å²) < 4.78 is 0. The molecule has 0 aliphatic heterocycles. The van der Waals surface area contributed by atoms with Gasteiger partial charge in [-0.25, -0.2) is 0 Å². The molecule has 0 unspecified atom stereocenters. The molecule has 0 aromatic heterocycles. The summed E-state index contributed by atoms with van der Waals surface area (Å²) in [5.74, 6) is -3.41. The number of aliphatic carboxylic acids is 1. The van der Waals surface area contributed by atoms with Crippen LogP contribution in [0.4, 0.5) is 5.69 Å². The highest BCUT2D eigenvalue weighted by atomic mass is 16.4. The molecule has 0 saturated carbocycles. The summed E-state index contributed by atoms with van der Waals surface area (Å²) in [6, 6.07) is 5.53. The average Bonchev–Trinajstić information content (AvgIpc) is 2.39. The highest BCUT2D eigenvalue weighted by Crippen LogP contribution is 2.13. The van der Waals surface area contributed by atoms with Crippen molar-refractivity contribution in [2.45, 2.75) is 26.2 Å². The molecule has 0 radical (unpaired) electrons. The van der Waals surface area contributed by atoms with Crippen LogP contribution in [0, 0.1) is 5.92 Å². The molecule has 0 aliphatic carbocycles. The molecule has 0 spiro atoms. The highest BCUT2D eigenvalue weighted by molar-refractivity contribution is 5.92. The number of carbonyl (C=O) groups excluding carboxylic acids is 3. The number of anilines is 1. The molecule has 20 heavy (non-hydrogen) atoms. The van der Waals surface area contributed by atoms with Crippen molar-refractivity contribution < 1.29 is 24.6 Å². The van der Waals surface area contributed by atoms with Gasteiger partial charge in [0.2, 0.25) is 5.91 Å². The van der Waals surface area contributed by atoms with Gasteiger partial charge in [-0.3, -0.25) is 4.79 Å². The number of carboxylic acid groups (broad SMARTS) is 2. The number of hydrogen-bond donors (Lipinski definition) is 1. The lowest BCUT2D eigenvalue weighted by Crippen LogP contribution is -2.31. The smallest absolute Gasteiger partial charge is 0.224 e. The van der Waals surface area contributed by atoms with Crippen molar-refractivity contribution in [3.63, 3.8) is 0 Å². The van der Waals surface area contributed by atoms with E-state index >= 15 is 0 Å². The summed E-state index contributed by atoms with van der Waals surface area (Å²) >= 11 is 0. The number of carboxylic acids is 2. The van der Waals surface area contributed by atoms with E-state index in [2.05, 4.69) is 5.32 Å². The summed E-state index contributed by atoms with van der Waals surface area (Å²) in [6.45, 7) is 1.72. The van der Waals surface area contributed by atoms with Crippen LogP contribution in [-0.4, -0.2) is 17.8 Å². The molecule has 1 atom stereocenters. The third-order valence-corrected chi connectivity index (χ3v) is 2.95. The Morgan fingerprint density at radius 2 is 1.75 bits per heavy atom. The molecule has 1 aromatic carbocycles. The van der Waals surface area contributed by atoms with E-state index in [1.54, 1.807) is 6.92 Å². The van der Waals surface area contributed by atoms with Crippen molar-refractivity contribution in [3.05, 3.63) is 29.8 Å². The average molecular weight is 277 g/mol. The van der Waals surface area contributed by atoms with Crippen molar-refractivity contribution in [2.24, 2.45) is 5.92 Å². The van der Waals surface area contributed by atoms with Crippen molar-refractivity contribution in [1.82, 2.24) is 0 Å². The zero-order valence-corrected chi connectivity index (χ0v) is 11.0. The molecule has 0 heterocycles. The molecular formula is C14H15NO5-2. The Bertz CT molecular complexity index is 495. The van der Waals surface area contributed by atoms with Crippen LogP contribution in [0.15, 0.2) is 24.3 Å². The maximum Gasteiger partial charge on any atom is 0.224 e. The minimum absolute atomic E-state index is 0.0194. The predicted molar refractivity (Wildman–Crippen MR) is 67.4 cm³/mol. The number of nitrogens with one attached hydrogen (secondary N) is 1. The van der Waals surface area contributed by atoms with E-state index < -0.39 is 17.9 Å². The lowest BCUT2D eigenvalue weighted by atomic mass is 10.0. The van der Waals surface area contributed by atoms with Crippen molar-refractivity contribution >= 4 is 23.5 Å². The molecule has 0 fully saturated rings. The number of rotatable bonds is 7. The fourth-order valence-electron chi connectivity index (χ4n) is 1.71. The van der Waals surface area contributed by atoms with Crippen molar-refractivity contribution in [1.29, 1.82) is 0 Å². The van der Waals surface area contributed by atoms with Gasteiger partial charge < -0.3 is 25.1 Å². The van der Waals surface area contributed by atoms with Crippen LogP contribution in [0.1, 0.15) is 36.5 Å². The molecule has 0 saturated heterocycles. The second kappa shape index (κ2) is 7.28. The number of carbonyl (C=O) groups is 3. The van der Waals surface area contributed by atoms with Gasteiger partial charge in [-0.2, -0.15) is 0 Å². The maximum atomic E-state index is 11.6. The Morgan fingerprint density at radius 1 is 1.15 bits per heavy atom. The van der Waals surface area contributed by atoms with Gasteiger partial charge >= 0.3 is 0 Å². The van der Waals surface area contributed by atoms with Crippen LogP contribution in [0.2, 0.25) is 0 Å². The Balaban J connectivity index is 2.50. The molecule has 6 nitrogen and oxygen atoms in total. The quantitative estimate of drug-likeness (QED) is 0.725. The molecule has 1 amide bonds. The number of amides is 1. The van der Waals surface area contributed by atoms with Crippen molar-refractivity contribution in [3.8, 4) is 0 Å². The van der Waals surface area contributed by atoms with E-state index in [4.69, 9.17) is 0 Å². The van der Waals surface area contributed by atoms with Gasteiger partial charge in [-0.05, 0) is 36.5 Å². The highest BCUT2D eigenvalue weighted by Gasteiger charge is 2.10. The van der Waals surface area contributed by atoms with Gasteiger partial charge in [0.05, 0.1) is 5.97 Å². The summed E-state index contributed by atoms with van der Waals surface area (Å²) in [5, 5.41) is 23.8. The van der Waals surface area contributed by atoms with Crippen LogP contribution in [0.25, 0.3) is 0 Å². The second-order valence-corrected chi connectivity index (χ2v) is 4.38.